The number of anilines is 3. The minimum atomic E-state index is -0.0414. The predicted octanol–water partition coefficient (Wildman–Crippen LogP) is 8.68. The Morgan fingerprint density at radius 3 is 2.49 bits per heavy atom. The molecule has 11 rings (SSSR count). The first-order valence-electron chi connectivity index (χ1n) is 15.8. The van der Waals surface area contributed by atoms with Crippen LogP contribution < -0.4 is 19.9 Å². The second kappa shape index (κ2) is 7.44. The molecule has 204 valence electrons. The monoisotopic (exact) mass is 552 g/mol. The summed E-state index contributed by atoms with van der Waals surface area (Å²) in [5, 5.41) is 0. The zero-order valence-electron chi connectivity index (χ0n) is 24.4. The van der Waals surface area contributed by atoms with Gasteiger partial charge in [-0.3, -0.25) is 0 Å². The van der Waals surface area contributed by atoms with Crippen molar-refractivity contribution in [2.24, 2.45) is 0 Å². The van der Waals surface area contributed by atoms with Crippen molar-refractivity contribution in [1.82, 2.24) is 0 Å². The van der Waals surface area contributed by atoms with Gasteiger partial charge in [-0.2, -0.15) is 0 Å². The molecular weight excluding hydrogens is 523 g/mol. The van der Waals surface area contributed by atoms with Crippen molar-refractivity contribution in [2.75, 3.05) is 9.71 Å². The van der Waals surface area contributed by atoms with Gasteiger partial charge in [-0.15, -0.1) is 0 Å². The standard InChI is InChI=1S/C39H29BN2O/c1-39(2)29-14-4-3-9-23(29)24-20-19-22(21-30(24)39)41-31-15-5-10-25-27-12-7-17-33-37(27)42-38-28(13-8-18-34(38)43-33)26-11-6-16-32(41)36(26)40(42)35(25)31/h3-5,7,9-10,12,14-21H,6,8,11,13H2,1-2H3. The molecule has 0 N–H and O–H groups in total. The fourth-order valence-electron chi connectivity index (χ4n) is 9.41. The zero-order valence-corrected chi connectivity index (χ0v) is 24.4. The van der Waals surface area contributed by atoms with E-state index in [0.717, 1.165) is 37.2 Å². The van der Waals surface area contributed by atoms with Gasteiger partial charge in [0, 0.05) is 28.1 Å². The van der Waals surface area contributed by atoms with Gasteiger partial charge in [-0.05, 0) is 106 Å². The minimum absolute atomic E-state index is 0.0414. The van der Waals surface area contributed by atoms with Gasteiger partial charge < -0.3 is 14.4 Å². The highest BCUT2D eigenvalue weighted by molar-refractivity contribution is 6.89. The number of benzene rings is 4. The van der Waals surface area contributed by atoms with E-state index in [-0.39, 0.29) is 12.3 Å². The minimum Gasteiger partial charge on any atom is -0.453 e. The van der Waals surface area contributed by atoms with Crippen LogP contribution in [0.1, 0.15) is 50.7 Å². The van der Waals surface area contributed by atoms with E-state index < -0.39 is 0 Å². The SMILES string of the molecule is CC1(C)c2ccccc2-c2ccc(N3C4=CCCC5=C4B4c6c(cccc63)-c3cccc6c3N4C3=C5CCC=C3O6)cc21. The first-order chi connectivity index (χ1) is 21.1. The highest BCUT2D eigenvalue weighted by Gasteiger charge is 2.54. The van der Waals surface area contributed by atoms with Crippen LogP contribution in [-0.2, 0) is 5.41 Å². The van der Waals surface area contributed by atoms with Crippen LogP contribution in [0.3, 0.4) is 0 Å². The third-order valence-electron chi connectivity index (χ3n) is 11.1. The van der Waals surface area contributed by atoms with Gasteiger partial charge in [0.25, 0.3) is 0 Å². The first kappa shape index (κ1) is 22.8. The first-order valence-corrected chi connectivity index (χ1v) is 15.8. The molecule has 0 saturated heterocycles. The Morgan fingerprint density at radius 1 is 0.744 bits per heavy atom. The molecule has 0 bridgehead atoms. The molecule has 4 aromatic carbocycles. The van der Waals surface area contributed by atoms with E-state index in [1.54, 1.807) is 5.57 Å². The van der Waals surface area contributed by atoms with Gasteiger partial charge in [-0.25, -0.2) is 0 Å². The molecule has 0 fully saturated rings. The third kappa shape index (κ3) is 2.54. The Labute approximate surface area is 252 Å². The molecule has 4 aromatic rings. The van der Waals surface area contributed by atoms with Crippen molar-refractivity contribution in [1.29, 1.82) is 0 Å². The van der Waals surface area contributed by atoms with Gasteiger partial charge in [0.1, 0.15) is 5.76 Å². The number of rotatable bonds is 1. The van der Waals surface area contributed by atoms with Gasteiger partial charge >= 0.3 is 6.85 Å². The van der Waals surface area contributed by atoms with Gasteiger partial charge in [0.05, 0.1) is 11.4 Å². The van der Waals surface area contributed by atoms with E-state index in [9.17, 15) is 0 Å². The Balaban J connectivity index is 1.23. The van der Waals surface area contributed by atoms with Crippen molar-refractivity contribution in [3.8, 4) is 28.0 Å². The molecule has 0 atom stereocenters. The van der Waals surface area contributed by atoms with Crippen molar-refractivity contribution in [3.05, 3.63) is 136 Å². The van der Waals surface area contributed by atoms with Crippen molar-refractivity contribution >= 4 is 29.4 Å². The van der Waals surface area contributed by atoms with Crippen LogP contribution in [0.15, 0.2) is 125 Å². The maximum atomic E-state index is 6.66. The summed E-state index contributed by atoms with van der Waals surface area (Å²) >= 11 is 0. The van der Waals surface area contributed by atoms with Crippen LogP contribution in [0.5, 0.6) is 5.75 Å². The maximum absolute atomic E-state index is 6.66. The van der Waals surface area contributed by atoms with Crippen LogP contribution in [0.4, 0.5) is 17.1 Å². The molecule has 7 aliphatic rings. The van der Waals surface area contributed by atoms with E-state index in [2.05, 4.69) is 115 Å². The number of hydrogen-bond acceptors (Lipinski definition) is 3. The Hall–Kier alpha value is -4.70. The summed E-state index contributed by atoms with van der Waals surface area (Å²) < 4.78 is 6.66. The van der Waals surface area contributed by atoms with Crippen molar-refractivity contribution < 1.29 is 4.74 Å². The molecule has 0 spiro atoms. The summed E-state index contributed by atoms with van der Waals surface area (Å²) in [5.74, 6) is 2.04. The molecule has 0 unspecified atom stereocenters. The Kier molecular flexibility index (Phi) is 3.95. The molecule has 4 heteroatoms. The molecule has 0 radical (unpaired) electrons. The third-order valence-corrected chi connectivity index (χ3v) is 11.1. The number of ether oxygens (including phenoxy) is 1. The van der Waals surface area contributed by atoms with Crippen molar-refractivity contribution in [3.63, 3.8) is 0 Å². The smallest absolute Gasteiger partial charge is 0.333 e. The molecule has 3 aliphatic carbocycles. The lowest BCUT2D eigenvalue weighted by Gasteiger charge is -2.54. The van der Waals surface area contributed by atoms with E-state index in [1.807, 2.05) is 0 Å². The summed E-state index contributed by atoms with van der Waals surface area (Å²) in [4.78, 5) is 5.27. The molecule has 0 amide bonds. The highest BCUT2D eigenvalue weighted by Crippen LogP contribution is 2.59. The molecule has 0 saturated carbocycles. The molecule has 4 aliphatic heterocycles. The summed E-state index contributed by atoms with van der Waals surface area (Å²) in [6.45, 7) is 4.93. The van der Waals surface area contributed by atoms with Gasteiger partial charge in [0.2, 0.25) is 0 Å². The van der Waals surface area contributed by atoms with E-state index in [1.165, 1.54) is 78.3 Å². The van der Waals surface area contributed by atoms with Crippen LogP contribution in [0, 0.1) is 0 Å². The maximum Gasteiger partial charge on any atom is 0.333 e. The average molecular weight is 552 g/mol. The molecular formula is C39H29BN2O. The van der Waals surface area contributed by atoms with E-state index >= 15 is 0 Å². The summed E-state index contributed by atoms with van der Waals surface area (Å²) in [6.07, 6.45) is 9.11. The van der Waals surface area contributed by atoms with Crippen LogP contribution in [0.2, 0.25) is 0 Å². The zero-order chi connectivity index (χ0) is 28.2. The van der Waals surface area contributed by atoms with Crippen LogP contribution in [-0.4, -0.2) is 6.85 Å². The van der Waals surface area contributed by atoms with Crippen LogP contribution >= 0.6 is 0 Å². The van der Waals surface area contributed by atoms with E-state index in [4.69, 9.17) is 4.74 Å². The Morgan fingerprint density at radius 2 is 1.53 bits per heavy atom. The topological polar surface area (TPSA) is 15.7 Å². The predicted molar refractivity (Wildman–Crippen MR) is 175 cm³/mol. The number of para-hydroxylation sites is 1. The quantitative estimate of drug-likeness (QED) is 0.220. The lowest BCUT2D eigenvalue weighted by atomic mass is 9.39. The number of hydrogen-bond donors (Lipinski definition) is 0. The Bertz CT molecular complexity index is 2160. The van der Waals surface area contributed by atoms with Crippen molar-refractivity contribution in [2.45, 2.75) is 44.9 Å². The summed E-state index contributed by atoms with van der Waals surface area (Å²) in [5.41, 5.74) is 20.7. The molecule has 3 nitrogen and oxygen atoms in total. The second-order valence-electron chi connectivity index (χ2n) is 13.5. The van der Waals surface area contributed by atoms with E-state index in [0.29, 0.717) is 0 Å². The lowest BCUT2D eigenvalue weighted by molar-refractivity contribution is 0.416. The molecule has 43 heavy (non-hydrogen) atoms. The average Bonchev–Trinajstić information content (AvgIpc) is 3.27. The number of fused-ring (bicyclic) bond motifs is 5. The van der Waals surface area contributed by atoms with Gasteiger partial charge in [-0.1, -0.05) is 74.5 Å². The largest absolute Gasteiger partial charge is 0.453 e. The number of allylic oxidation sites excluding steroid dienone is 5. The lowest BCUT2D eigenvalue weighted by Crippen LogP contribution is -2.61. The summed E-state index contributed by atoms with van der Waals surface area (Å²) in [7, 11) is 0. The highest BCUT2D eigenvalue weighted by atomic mass is 16.5. The van der Waals surface area contributed by atoms with Gasteiger partial charge in [0.15, 0.2) is 5.75 Å². The fourth-order valence-corrected chi connectivity index (χ4v) is 9.41. The fraction of sp³-hybridized carbons (Fsp3) is 0.179. The number of nitrogens with zero attached hydrogens (tertiary/aromatic N) is 2. The molecule has 0 aromatic heterocycles. The van der Waals surface area contributed by atoms with Crippen LogP contribution in [0.25, 0.3) is 22.3 Å². The normalized spacial score (nSPS) is 20.3. The second-order valence-corrected chi connectivity index (χ2v) is 13.5. The molecule has 4 heterocycles. The summed E-state index contributed by atoms with van der Waals surface area (Å²) in [6, 6.07) is 29.7.